The summed E-state index contributed by atoms with van der Waals surface area (Å²) >= 11 is 6.53. The second-order valence-corrected chi connectivity index (χ2v) is 8.80. The minimum Gasteiger partial charge on any atom is -0.350 e. The molecular formula is C25H26ClFN6. The zero-order chi connectivity index (χ0) is 22.6. The number of anilines is 1. The molecule has 6 nitrogen and oxygen atoms in total. The maximum absolute atomic E-state index is 14.0. The van der Waals surface area contributed by atoms with Crippen molar-refractivity contribution in [3.05, 3.63) is 71.1 Å². The Morgan fingerprint density at radius 2 is 1.85 bits per heavy atom. The average molecular weight is 465 g/mol. The van der Waals surface area contributed by atoms with Crippen molar-refractivity contribution in [1.29, 1.82) is 0 Å². The van der Waals surface area contributed by atoms with Gasteiger partial charge in [-0.3, -0.25) is 0 Å². The highest BCUT2D eigenvalue weighted by atomic mass is 35.5. The summed E-state index contributed by atoms with van der Waals surface area (Å²) in [5.74, 6) is 1.66. The Morgan fingerprint density at radius 3 is 2.67 bits per heavy atom. The predicted molar refractivity (Wildman–Crippen MR) is 130 cm³/mol. The highest BCUT2D eigenvalue weighted by molar-refractivity contribution is 6.33. The number of fused-ring (bicyclic) bond motifs is 1. The van der Waals surface area contributed by atoms with E-state index in [1.807, 2.05) is 30.3 Å². The van der Waals surface area contributed by atoms with E-state index < -0.39 is 0 Å². The average Bonchev–Trinajstić information content (AvgIpc) is 3.20. The first kappa shape index (κ1) is 21.8. The number of aryl methyl sites for hydroxylation is 1. The fourth-order valence-corrected chi connectivity index (χ4v) is 4.58. The van der Waals surface area contributed by atoms with Crippen molar-refractivity contribution >= 4 is 28.7 Å². The number of benzene rings is 2. The zero-order valence-corrected chi connectivity index (χ0v) is 19.0. The van der Waals surface area contributed by atoms with E-state index in [4.69, 9.17) is 21.6 Å². The molecule has 2 aromatic heterocycles. The number of piperidine rings is 1. The Morgan fingerprint density at radius 1 is 1.06 bits per heavy atom. The fourth-order valence-electron chi connectivity index (χ4n) is 4.36. The van der Waals surface area contributed by atoms with E-state index in [1.165, 1.54) is 18.9 Å². The molecule has 1 fully saturated rings. The summed E-state index contributed by atoms with van der Waals surface area (Å²) in [6.45, 7) is 3.24. The molecule has 2 aromatic carbocycles. The molecule has 0 saturated carbocycles. The van der Waals surface area contributed by atoms with Gasteiger partial charge in [0.05, 0.1) is 11.2 Å². The molecule has 0 spiro atoms. The van der Waals surface area contributed by atoms with Crippen molar-refractivity contribution in [2.75, 3.05) is 18.4 Å². The summed E-state index contributed by atoms with van der Waals surface area (Å²) < 4.78 is 16.2. The normalized spacial score (nSPS) is 14.6. The molecule has 3 heterocycles. The van der Waals surface area contributed by atoms with E-state index in [9.17, 15) is 4.39 Å². The van der Waals surface area contributed by atoms with Gasteiger partial charge in [0.25, 0.3) is 0 Å². The highest BCUT2D eigenvalue weighted by Gasteiger charge is 2.19. The third-order valence-electron chi connectivity index (χ3n) is 6.22. The van der Waals surface area contributed by atoms with Gasteiger partial charge in [0.15, 0.2) is 5.65 Å². The number of aromatic nitrogens is 4. The molecule has 0 aliphatic carbocycles. The number of hydrogen-bond acceptors (Lipinski definition) is 5. The van der Waals surface area contributed by atoms with E-state index in [-0.39, 0.29) is 5.82 Å². The molecule has 0 unspecified atom stereocenters. The standard InChI is InChI=1S/C25H26ClFN6/c26-20-7-3-2-6-19(20)23-31-22-16-30-25(29-15-18-5-1-4-8-21(18)27)32-24(22)33(23)14-11-17-9-12-28-13-10-17/h1-8,16-17,28H,9-15H2,(H,29,30,32). The molecule has 1 aliphatic heterocycles. The maximum Gasteiger partial charge on any atom is 0.225 e. The lowest BCUT2D eigenvalue weighted by Gasteiger charge is -2.23. The number of imidazole rings is 1. The molecule has 5 rings (SSSR count). The first-order valence-corrected chi connectivity index (χ1v) is 11.7. The van der Waals surface area contributed by atoms with Crippen LogP contribution >= 0.6 is 11.6 Å². The van der Waals surface area contributed by atoms with Gasteiger partial charge in [0.1, 0.15) is 17.2 Å². The largest absolute Gasteiger partial charge is 0.350 e. The van der Waals surface area contributed by atoms with Gasteiger partial charge in [-0.25, -0.2) is 14.4 Å². The molecule has 0 radical (unpaired) electrons. The Kier molecular flexibility index (Phi) is 6.51. The van der Waals surface area contributed by atoms with Gasteiger partial charge in [-0.1, -0.05) is 41.9 Å². The van der Waals surface area contributed by atoms with E-state index in [0.29, 0.717) is 34.5 Å². The van der Waals surface area contributed by atoms with Gasteiger partial charge in [-0.15, -0.1) is 0 Å². The van der Waals surface area contributed by atoms with Crippen molar-refractivity contribution < 1.29 is 4.39 Å². The topological polar surface area (TPSA) is 67.7 Å². The van der Waals surface area contributed by atoms with E-state index in [1.54, 1.807) is 18.3 Å². The molecule has 4 aromatic rings. The predicted octanol–water partition coefficient (Wildman–Crippen LogP) is 5.29. The second kappa shape index (κ2) is 9.85. The molecule has 0 bridgehead atoms. The number of halogens is 2. The number of hydrogen-bond donors (Lipinski definition) is 2. The van der Waals surface area contributed by atoms with Crippen LogP contribution < -0.4 is 10.6 Å². The maximum atomic E-state index is 14.0. The zero-order valence-electron chi connectivity index (χ0n) is 18.3. The van der Waals surface area contributed by atoms with Crippen LogP contribution in [0.15, 0.2) is 54.7 Å². The molecule has 2 N–H and O–H groups in total. The van der Waals surface area contributed by atoms with Gasteiger partial charge < -0.3 is 15.2 Å². The van der Waals surface area contributed by atoms with Crippen LogP contribution in [0.5, 0.6) is 0 Å². The Balaban J connectivity index is 1.48. The van der Waals surface area contributed by atoms with Gasteiger partial charge in [0, 0.05) is 24.2 Å². The van der Waals surface area contributed by atoms with Crippen molar-refractivity contribution in [2.24, 2.45) is 5.92 Å². The quantitative estimate of drug-likeness (QED) is 0.389. The lowest BCUT2D eigenvalue weighted by molar-refractivity contribution is 0.339. The number of rotatable bonds is 7. The lowest BCUT2D eigenvalue weighted by atomic mass is 9.95. The summed E-state index contributed by atoms with van der Waals surface area (Å²) in [6, 6.07) is 14.4. The van der Waals surface area contributed by atoms with Crippen molar-refractivity contribution in [3.63, 3.8) is 0 Å². The molecule has 0 atom stereocenters. The molecular weight excluding hydrogens is 439 g/mol. The Hall–Kier alpha value is -3.03. The van der Waals surface area contributed by atoms with Crippen LogP contribution in [0.1, 0.15) is 24.8 Å². The summed E-state index contributed by atoms with van der Waals surface area (Å²) in [7, 11) is 0. The van der Waals surface area contributed by atoms with Gasteiger partial charge in [-0.05, 0) is 56.5 Å². The molecule has 170 valence electrons. The first-order chi connectivity index (χ1) is 16.2. The van der Waals surface area contributed by atoms with Gasteiger partial charge >= 0.3 is 0 Å². The highest BCUT2D eigenvalue weighted by Crippen LogP contribution is 2.31. The third kappa shape index (κ3) is 4.84. The summed E-state index contributed by atoms with van der Waals surface area (Å²) in [6.07, 6.45) is 5.12. The van der Waals surface area contributed by atoms with E-state index in [0.717, 1.165) is 43.1 Å². The molecule has 1 aliphatic rings. The van der Waals surface area contributed by atoms with E-state index >= 15 is 0 Å². The van der Waals surface area contributed by atoms with Crippen molar-refractivity contribution in [3.8, 4) is 11.4 Å². The fraction of sp³-hybridized carbons (Fsp3) is 0.320. The monoisotopic (exact) mass is 464 g/mol. The smallest absolute Gasteiger partial charge is 0.225 e. The van der Waals surface area contributed by atoms with E-state index in [2.05, 4.69) is 20.2 Å². The Labute approximate surface area is 197 Å². The summed E-state index contributed by atoms with van der Waals surface area (Å²) in [5.41, 5.74) is 2.91. The van der Waals surface area contributed by atoms with Crippen LogP contribution in [0, 0.1) is 11.7 Å². The van der Waals surface area contributed by atoms with Gasteiger partial charge in [-0.2, -0.15) is 4.98 Å². The molecule has 0 amide bonds. The van der Waals surface area contributed by atoms with Gasteiger partial charge in [0.2, 0.25) is 5.95 Å². The third-order valence-corrected chi connectivity index (χ3v) is 6.55. The SMILES string of the molecule is Fc1ccccc1CNc1ncc2nc(-c3ccccc3Cl)n(CCC3CCNCC3)c2n1. The first-order valence-electron chi connectivity index (χ1n) is 11.3. The Bertz CT molecular complexity index is 1250. The molecule has 1 saturated heterocycles. The van der Waals surface area contributed by atoms with Crippen LogP contribution in [0.2, 0.25) is 5.02 Å². The van der Waals surface area contributed by atoms with Crippen LogP contribution in [0.4, 0.5) is 10.3 Å². The van der Waals surface area contributed by atoms with Crippen LogP contribution in [0.25, 0.3) is 22.6 Å². The molecule has 8 heteroatoms. The van der Waals surface area contributed by atoms with Crippen molar-refractivity contribution in [2.45, 2.75) is 32.4 Å². The summed E-state index contributed by atoms with van der Waals surface area (Å²) in [4.78, 5) is 14.0. The van der Waals surface area contributed by atoms with Crippen LogP contribution in [-0.2, 0) is 13.1 Å². The minimum absolute atomic E-state index is 0.251. The van der Waals surface area contributed by atoms with Crippen LogP contribution in [-0.4, -0.2) is 32.6 Å². The minimum atomic E-state index is -0.251. The number of nitrogens with one attached hydrogen (secondary N) is 2. The lowest BCUT2D eigenvalue weighted by Crippen LogP contribution is -2.28. The molecule has 33 heavy (non-hydrogen) atoms. The second-order valence-electron chi connectivity index (χ2n) is 8.40. The van der Waals surface area contributed by atoms with Crippen LogP contribution in [0.3, 0.4) is 0 Å². The number of nitrogens with zero attached hydrogens (tertiary/aromatic N) is 4. The summed E-state index contributed by atoms with van der Waals surface area (Å²) in [5, 5.41) is 7.23. The van der Waals surface area contributed by atoms with Crippen molar-refractivity contribution in [1.82, 2.24) is 24.8 Å².